The van der Waals surface area contributed by atoms with Crippen LogP contribution < -0.4 is 11.3 Å². The highest BCUT2D eigenvalue weighted by molar-refractivity contribution is 5.59. The van der Waals surface area contributed by atoms with Gasteiger partial charge < -0.3 is 15.1 Å². The number of aromatic amines is 1. The fraction of sp³-hybridized carbons (Fsp3) is 0.148. The molecule has 174 valence electrons. The van der Waals surface area contributed by atoms with Crippen LogP contribution >= 0.6 is 0 Å². The Morgan fingerprint density at radius 2 is 1.86 bits per heavy atom. The Labute approximate surface area is 201 Å². The lowest BCUT2D eigenvalue weighted by atomic mass is 10.1. The van der Waals surface area contributed by atoms with Crippen molar-refractivity contribution in [1.82, 2.24) is 24.6 Å². The number of anilines is 1. The van der Waals surface area contributed by atoms with Crippen LogP contribution in [-0.2, 0) is 19.5 Å². The molecule has 6 rings (SSSR count). The molecule has 5 aromatic rings. The molecule has 3 N–H and O–H groups in total. The van der Waals surface area contributed by atoms with Crippen molar-refractivity contribution in [3.63, 3.8) is 0 Å². The van der Waals surface area contributed by atoms with Gasteiger partial charge in [-0.1, -0.05) is 18.2 Å². The largest absolute Gasteiger partial charge is 0.463 e. The first-order chi connectivity index (χ1) is 17.1. The predicted octanol–water partition coefficient (Wildman–Crippen LogP) is 4.02. The van der Waals surface area contributed by atoms with E-state index in [9.17, 15) is 4.79 Å². The third-order valence-corrected chi connectivity index (χ3v) is 6.29. The third-order valence-electron chi connectivity index (χ3n) is 6.29. The Kier molecular flexibility index (Phi) is 5.27. The van der Waals surface area contributed by atoms with Gasteiger partial charge in [0.05, 0.1) is 23.2 Å². The highest BCUT2D eigenvalue weighted by Gasteiger charge is 2.24. The van der Waals surface area contributed by atoms with Gasteiger partial charge >= 0.3 is 0 Å². The Morgan fingerprint density at radius 3 is 2.63 bits per heavy atom. The van der Waals surface area contributed by atoms with E-state index in [1.807, 2.05) is 77.6 Å². The molecule has 0 bridgehead atoms. The maximum Gasteiger partial charge on any atom is 0.255 e. The first kappa shape index (κ1) is 21.1. The number of aromatic nitrogens is 4. The van der Waals surface area contributed by atoms with Crippen LogP contribution in [0.25, 0.3) is 28.5 Å². The first-order valence-electron chi connectivity index (χ1n) is 11.5. The third kappa shape index (κ3) is 4.15. The normalized spacial score (nSPS) is 13.6. The lowest BCUT2D eigenvalue weighted by molar-refractivity contribution is 0.242. The number of rotatable bonds is 5. The van der Waals surface area contributed by atoms with Crippen LogP contribution in [0.3, 0.4) is 0 Å². The molecule has 0 aliphatic carbocycles. The standard InChI is InChI=1S/C27H24N6O2/c28-20-10-8-18(9-11-20)26-29-23-12-13-32(17-22(23)27(34)30-26)15-19-16-33(21-5-2-1-3-6-21)31-25(19)24-7-4-14-35-24/h1-11,14,16H,12-13,15,17,28H2,(H,29,30,34). The van der Waals surface area contributed by atoms with Crippen LogP contribution in [-0.4, -0.2) is 31.2 Å². The number of furan rings is 1. The Morgan fingerprint density at radius 1 is 1.03 bits per heavy atom. The van der Waals surface area contributed by atoms with E-state index >= 15 is 0 Å². The van der Waals surface area contributed by atoms with Crippen molar-refractivity contribution in [3.8, 4) is 28.5 Å². The first-order valence-corrected chi connectivity index (χ1v) is 11.5. The summed E-state index contributed by atoms with van der Waals surface area (Å²) in [5.74, 6) is 1.30. The van der Waals surface area contributed by atoms with Crippen LogP contribution in [0, 0.1) is 0 Å². The molecule has 8 heteroatoms. The second kappa shape index (κ2) is 8.73. The van der Waals surface area contributed by atoms with Crippen molar-refractivity contribution in [1.29, 1.82) is 0 Å². The van der Waals surface area contributed by atoms with Crippen molar-refractivity contribution < 1.29 is 4.42 Å². The Hall–Kier alpha value is -4.43. The molecule has 0 radical (unpaired) electrons. The van der Waals surface area contributed by atoms with Gasteiger partial charge in [-0.15, -0.1) is 0 Å². The fourth-order valence-corrected chi connectivity index (χ4v) is 4.49. The van der Waals surface area contributed by atoms with Crippen LogP contribution in [0.1, 0.15) is 16.8 Å². The van der Waals surface area contributed by atoms with Gasteiger partial charge in [0.1, 0.15) is 11.5 Å². The van der Waals surface area contributed by atoms with Gasteiger partial charge in [0.25, 0.3) is 5.56 Å². The number of nitrogens with two attached hydrogens (primary N) is 1. The zero-order chi connectivity index (χ0) is 23.8. The van der Waals surface area contributed by atoms with Crippen LogP contribution in [0.15, 0.2) is 88.4 Å². The predicted molar refractivity (Wildman–Crippen MR) is 134 cm³/mol. The molecule has 0 spiro atoms. The molecule has 0 fully saturated rings. The lowest BCUT2D eigenvalue weighted by Crippen LogP contribution is -2.35. The van der Waals surface area contributed by atoms with E-state index in [1.165, 1.54) is 0 Å². The molecule has 0 amide bonds. The average Bonchev–Trinajstić information content (AvgIpc) is 3.56. The van der Waals surface area contributed by atoms with Gasteiger partial charge in [0.15, 0.2) is 5.76 Å². The molecule has 0 saturated carbocycles. The Balaban J connectivity index is 1.29. The number of nitrogens with one attached hydrogen (secondary N) is 1. The second-order valence-electron chi connectivity index (χ2n) is 8.68. The number of para-hydroxylation sites is 1. The summed E-state index contributed by atoms with van der Waals surface area (Å²) >= 11 is 0. The molecule has 0 saturated heterocycles. The van der Waals surface area contributed by atoms with E-state index in [2.05, 4.69) is 9.88 Å². The van der Waals surface area contributed by atoms with Crippen LogP contribution in [0.5, 0.6) is 0 Å². The van der Waals surface area contributed by atoms with Crippen molar-refractivity contribution >= 4 is 5.69 Å². The quantitative estimate of drug-likeness (QED) is 0.381. The van der Waals surface area contributed by atoms with Crippen molar-refractivity contribution in [2.24, 2.45) is 0 Å². The molecule has 1 aliphatic heterocycles. The van der Waals surface area contributed by atoms with Crippen molar-refractivity contribution in [2.75, 3.05) is 12.3 Å². The van der Waals surface area contributed by atoms with Gasteiger partial charge in [0.2, 0.25) is 0 Å². The summed E-state index contributed by atoms with van der Waals surface area (Å²) in [5.41, 5.74) is 11.6. The molecule has 2 aromatic carbocycles. The summed E-state index contributed by atoms with van der Waals surface area (Å²) in [7, 11) is 0. The summed E-state index contributed by atoms with van der Waals surface area (Å²) in [6, 6.07) is 21.1. The lowest BCUT2D eigenvalue weighted by Gasteiger charge is -2.27. The van der Waals surface area contributed by atoms with Crippen molar-refractivity contribution in [3.05, 3.63) is 106 Å². The molecule has 4 heterocycles. The van der Waals surface area contributed by atoms with E-state index in [0.717, 1.165) is 40.5 Å². The minimum Gasteiger partial charge on any atom is -0.463 e. The SMILES string of the molecule is Nc1ccc(-c2nc3c(c(=O)[nH]2)CN(Cc2cn(-c4ccccc4)nc2-c2ccco2)CC3)cc1. The summed E-state index contributed by atoms with van der Waals surface area (Å²) in [5, 5.41) is 4.81. The van der Waals surface area contributed by atoms with Gasteiger partial charge in [-0.05, 0) is 48.5 Å². The zero-order valence-electron chi connectivity index (χ0n) is 19.0. The van der Waals surface area contributed by atoms with Crippen molar-refractivity contribution in [2.45, 2.75) is 19.5 Å². The van der Waals surface area contributed by atoms with Gasteiger partial charge in [-0.3, -0.25) is 9.69 Å². The van der Waals surface area contributed by atoms with Crippen LogP contribution in [0.2, 0.25) is 0 Å². The molecule has 0 atom stereocenters. The summed E-state index contributed by atoms with van der Waals surface area (Å²) in [6.07, 6.45) is 4.39. The summed E-state index contributed by atoms with van der Waals surface area (Å²) < 4.78 is 7.54. The number of benzene rings is 2. The van der Waals surface area contributed by atoms with E-state index < -0.39 is 0 Å². The number of hydrogen-bond acceptors (Lipinski definition) is 6. The van der Waals surface area contributed by atoms with Gasteiger partial charge in [0, 0.05) is 49.1 Å². The Bertz CT molecular complexity index is 1520. The maximum absolute atomic E-state index is 13.0. The molecule has 35 heavy (non-hydrogen) atoms. The highest BCUT2D eigenvalue weighted by Crippen LogP contribution is 2.27. The van der Waals surface area contributed by atoms with E-state index in [1.54, 1.807) is 6.26 Å². The second-order valence-corrected chi connectivity index (χ2v) is 8.68. The fourth-order valence-electron chi connectivity index (χ4n) is 4.49. The minimum absolute atomic E-state index is 0.0993. The number of nitrogen functional groups attached to an aromatic ring is 1. The highest BCUT2D eigenvalue weighted by atomic mass is 16.3. The molecule has 0 unspecified atom stereocenters. The average molecular weight is 465 g/mol. The van der Waals surface area contributed by atoms with E-state index in [4.69, 9.17) is 20.2 Å². The van der Waals surface area contributed by atoms with E-state index in [-0.39, 0.29) is 5.56 Å². The molecular formula is C27H24N6O2. The zero-order valence-corrected chi connectivity index (χ0v) is 19.0. The molecule has 8 nitrogen and oxygen atoms in total. The smallest absolute Gasteiger partial charge is 0.255 e. The number of H-pyrrole nitrogens is 1. The molecule has 1 aliphatic rings. The maximum atomic E-state index is 13.0. The van der Waals surface area contributed by atoms with E-state index in [0.29, 0.717) is 36.6 Å². The molecule has 3 aromatic heterocycles. The topological polar surface area (TPSA) is 106 Å². The number of hydrogen-bond donors (Lipinski definition) is 2. The number of nitrogens with zero attached hydrogens (tertiary/aromatic N) is 4. The van der Waals surface area contributed by atoms with Gasteiger partial charge in [-0.2, -0.15) is 5.10 Å². The summed E-state index contributed by atoms with van der Waals surface area (Å²) in [4.78, 5) is 23.0. The minimum atomic E-state index is -0.0993. The van der Waals surface area contributed by atoms with Crippen LogP contribution in [0.4, 0.5) is 5.69 Å². The monoisotopic (exact) mass is 464 g/mol. The summed E-state index contributed by atoms with van der Waals surface area (Å²) in [6.45, 7) is 1.95. The number of fused-ring (bicyclic) bond motifs is 1. The van der Waals surface area contributed by atoms with Gasteiger partial charge in [-0.25, -0.2) is 9.67 Å². The molecular weight excluding hydrogens is 440 g/mol.